The van der Waals surface area contributed by atoms with E-state index in [0.717, 1.165) is 12.1 Å². The van der Waals surface area contributed by atoms with Crippen molar-refractivity contribution in [1.29, 1.82) is 0 Å². The number of fused-ring (bicyclic) bond motifs is 1. The Balaban J connectivity index is 2.23. The first kappa shape index (κ1) is 18.0. The fourth-order valence-corrected chi connectivity index (χ4v) is 3.71. The maximum atomic E-state index is 12.3. The Morgan fingerprint density at radius 2 is 1.65 bits per heavy atom. The standard InChI is InChI=1S/C15H7Br2N3O6/c16-10-2-6(3-11(17)14(10)21)1-9-8-4-7(19(23)24)5-12(20(25)26)13(8)18-15(9)22/h1-5,21H,(H,18,22). The van der Waals surface area contributed by atoms with Gasteiger partial charge in [0.15, 0.2) is 0 Å². The second kappa shape index (κ2) is 6.50. The van der Waals surface area contributed by atoms with E-state index >= 15 is 0 Å². The summed E-state index contributed by atoms with van der Waals surface area (Å²) < 4.78 is 0.727. The zero-order valence-corrected chi connectivity index (χ0v) is 15.7. The number of aromatic hydroxyl groups is 1. The first-order valence-electron chi connectivity index (χ1n) is 6.87. The maximum absolute atomic E-state index is 12.3. The molecule has 0 aliphatic carbocycles. The molecular weight excluding hydrogens is 478 g/mol. The fourth-order valence-electron chi connectivity index (χ4n) is 2.49. The van der Waals surface area contributed by atoms with Crippen LogP contribution in [-0.4, -0.2) is 20.9 Å². The number of non-ortho nitro benzene ring substituents is 1. The minimum atomic E-state index is -0.789. The van der Waals surface area contributed by atoms with Crippen molar-refractivity contribution in [2.24, 2.45) is 0 Å². The van der Waals surface area contributed by atoms with E-state index in [1.54, 1.807) is 0 Å². The van der Waals surface area contributed by atoms with Gasteiger partial charge in [-0.1, -0.05) is 0 Å². The van der Waals surface area contributed by atoms with Gasteiger partial charge >= 0.3 is 0 Å². The van der Waals surface area contributed by atoms with Gasteiger partial charge in [0.2, 0.25) is 0 Å². The molecule has 26 heavy (non-hydrogen) atoms. The Labute approximate surface area is 161 Å². The number of nitro groups is 2. The second-order valence-corrected chi connectivity index (χ2v) is 6.96. The first-order chi connectivity index (χ1) is 12.2. The van der Waals surface area contributed by atoms with E-state index in [4.69, 9.17) is 0 Å². The van der Waals surface area contributed by atoms with E-state index in [1.807, 2.05) is 0 Å². The van der Waals surface area contributed by atoms with Gasteiger partial charge in [-0.25, -0.2) is 0 Å². The molecule has 0 saturated heterocycles. The molecule has 0 atom stereocenters. The van der Waals surface area contributed by atoms with Crippen molar-refractivity contribution in [1.82, 2.24) is 0 Å². The third-order valence-electron chi connectivity index (χ3n) is 3.63. The summed E-state index contributed by atoms with van der Waals surface area (Å²) in [5.74, 6) is -0.654. The number of carbonyl (C=O) groups excluding carboxylic acids is 1. The lowest BCUT2D eigenvalue weighted by atomic mass is 10.0. The summed E-state index contributed by atoms with van der Waals surface area (Å²) in [5.41, 5.74) is -0.542. The summed E-state index contributed by atoms with van der Waals surface area (Å²) in [6, 6.07) is 4.97. The van der Waals surface area contributed by atoms with Crippen LogP contribution in [0.1, 0.15) is 11.1 Å². The third kappa shape index (κ3) is 3.06. The lowest BCUT2D eigenvalue weighted by Gasteiger charge is -2.04. The molecule has 2 aromatic rings. The van der Waals surface area contributed by atoms with Crippen LogP contribution >= 0.6 is 31.9 Å². The van der Waals surface area contributed by atoms with Crippen LogP contribution in [0.5, 0.6) is 5.75 Å². The highest BCUT2D eigenvalue weighted by Gasteiger charge is 2.34. The molecule has 3 rings (SSSR count). The highest BCUT2D eigenvalue weighted by molar-refractivity contribution is 9.11. The molecule has 9 nitrogen and oxygen atoms in total. The third-order valence-corrected chi connectivity index (χ3v) is 4.84. The zero-order valence-electron chi connectivity index (χ0n) is 12.5. The van der Waals surface area contributed by atoms with Gasteiger partial charge in [-0.3, -0.25) is 25.0 Å². The van der Waals surface area contributed by atoms with Crippen molar-refractivity contribution in [3.63, 3.8) is 0 Å². The summed E-state index contributed by atoms with van der Waals surface area (Å²) in [4.78, 5) is 33.0. The Kier molecular flexibility index (Phi) is 4.50. The van der Waals surface area contributed by atoms with Gasteiger partial charge in [0.1, 0.15) is 11.4 Å². The number of phenolic OH excluding ortho intramolecular Hbond substituents is 1. The minimum Gasteiger partial charge on any atom is -0.506 e. The normalized spacial score (nSPS) is 14.2. The van der Waals surface area contributed by atoms with Crippen LogP contribution < -0.4 is 5.32 Å². The molecule has 2 N–H and O–H groups in total. The number of hydrogen-bond acceptors (Lipinski definition) is 6. The van der Waals surface area contributed by atoms with Crippen molar-refractivity contribution in [2.75, 3.05) is 5.32 Å². The van der Waals surface area contributed by atoms with Gasteiger partial charge in [-0.2, -0.15) is 0 Å². The van der Waals surface area contributed by atoms with Gasteiger partial charge < -0.3 is 10.4 Å². The highest BCUT2D eigenvalue weighted by atomic mass is 79.9. The van der Waals surface area contributed by atoms with Gasteiger partial charge in [-0.15, -0.1) is 0 Å². The van der Waals surface area contributed by atoms with Crippen LogP contribution in [0.4, 0.5) is 17.1 Å². The molecule has 2 aromatic carbocycles. The highest BCUT2D eigenvalue weighted by Crippen LogP contribution is 2.43. The molecule has 0 bridgehead atoms. The number of halogens is 2. The van der Waals surface area contributed by atoms with Crippen LogP contribution in [0.25, 0.3) is 11.6 Å². The summed E-state index contributed by atoms with van der Waals surface area (Å²) >= 11 is 6.33. The molecule has 0 saturated carbocycles. The van der Waals surface area contributed by atoms with Crippen LogP contribution in [0, 0.1) is 20.2 Å². The van der Waals surface area contributed by atoms with E-state index in [-0.39, 0.29) is 22.6 Å². The predicted molar refractivity (Wildman–Crippen MR) is 99.8 cm³/mol. The number of nitrogens with one attached hydrogen (secondary N) is 1. The van der Waals surface area contributed by atoms with Crippen molar-refractivity contribution in [2.45, 2.75) is 0 Å². The molecule has 0 aromatic heterocycles. The van der Waals surface area contributed by atoms with E-state index in [1.165, 1.54) is 18.2 Å². The van der Waals surface area contributed by atoms with Crippen molar-refractivity contribution < 1.29 is 19.7 Å². The Morgan fingerprint density at radius 1 is 1.04 bits per heavy atom. The maximum Gasteiger partial charge on any atom is 0.300 e. The Hall–Kier alpha value is -2.79. The molecule has 0 fully saturated rings. The van der Waals surface area contributed by atoms with Crippen LogP contribution in [0.2, 0.25) is 0 Å². The summed E-state index contributed by atoms with van der Waals surface area (Å²) in [5, 5.41) is 34.4. The number of amides is 1. The quantitative estimate of drug-likeness (QED) is 0.380. The summed E-state index contributed by atoms with van der Waals surface area (Å²) in [6.07, 6.45) is 1.42. The van der Waals surface area contributed by atoms with Crippen LogP contribution in [0.15, 0.2) is 33.2 Å². The number of nitro benzene ring substituents is 2. The fraction of sp³-hybridized carbons (Fsp3) is 0. The number of nitrogens with zero attached hydrogens (tertiary/aromatic N) is 2. The van der Waals surface area contributed by atoms with Crippen LogP contribution in [-0.2, 0) is 4.79 Å². The lowest BCUT2D eigenvalue weighted by molar-refractivity contribution is -0.393. The van der Waals surface area contributed by atoms with E-state index in [9.17, 15) is 30.1 Å². The van der Waals surface area contributed by atoms with Crippen molar-refractivity contribution >= 4 is 66.5 Å². The van der Waals surface area contributed by atoms with Gasteiger partial charge in [-0.05, 0) is 55.6 Å². The molecule has 1 amide bonds. The van der Waals surface area contributed by atoms with Gasteiger partial charge in [0.05, 0.1) is 30.4 Å². The van der Waals surface area contributed by atoms with E-state index in [2.05, 4.69) is 37.2 Å². The average molecular weight is 485 g/mol. The largest absolute Gasteiger partial charge is 0.506 e. The summed E-state index contributed by atoms with van der Waals surface area (Å²) in [6.45, 7) is 0. The average Bonchev–Trinajstić information content (AvgIpc) is 2.87. The zero-order chi connectivity index (χ0) is 19.2. The van der Waals surface area contributed by atoms with Crippen LogP contribution in [0.3, 0.4) is 0 Å². The van der Waals surface area contributed by atoms with E-state index in [0.29, 0.717) is 14.5 Å². The molecule has 0 spiro atoms. The minimum absolute atomic E-state index is 0.0327. The molecule has 1 heterocycles. The Morgan fingerprint density at radius 3 is 2.19 bits per heavy atom. The van der Waals surface area contributed by atoms with Crippen molar-refractivity contribution in [3.05, 3.63) is 64.6 Å². The summed E-state index contributed by atoms with van der Waals surface area (Å²) in [7, 11) is 0. The van der Waals surface area contributed by atoms with Gasteiger partial charge in [0.25, 0.3) is 17.3 Å². The van der Waals surface area contributed by atoms with E-state index < -0.39 is 27.1 Å². The predicted octanol–water partition coefficient (Wildman–Crippen LogP) is 4.23. The monoisotopic (exact) mass is 483 g/mol. The molecule has 1 aliphatic heterocycles. The number of carbonyl (C=O) groups is 1. The number of anilines is 1. The van der Waals surface area contributed by atoms with Gasteiger partial charge in [0, 0.05) is 11.6 Å². The SMILES string of the molecule is O=C1Nc2c(cc([N+](=O)[O-])cc2[N+](=O)[O-])C1=Cc1cc(Br)c(O)c(Br)c1. The molecule has 1 aliphatic rings. The number of phenols is 1. The van der Waals surface area contributed by atoms with Crippen molar-refractivity contribution in [3.8, 4) is 5.75 Å². The molecule has 132 valence electrons. The molecular formula is C15H7Br2N3O6. The number of benzene rings is 2. The molecule has 0 radical (unpaired) electrons. The number of hydrogen-bond donors (Lipinski definition) is 2. The number of rotatable bonds is 3. The topological polar surface area (TPSA) is 136 Å². The second-order valence-electron chi connectivity index (χ2n) is 5.25. The Bertz CT molecular complexity index is 1010. The molecule has 0 unspecified atom stereocenters. The lowest BCUT2D eigenvalue weighted by Crippen LogP contribution is -2.04. The smallest absolute Gasteiger partial charge is 0.300 e. The molecule has 11 heteroatoms. The first-order valence-corrected chi connectivity index (χ1v) is 8.46.